The highest BCUT2D eigenvalue weighted by atomic mass is 35.5. The number of amides is 2. The van der Waals surface area contributed by atoms with Crippen molar-refractivity contribution in [2.45, 2.75) is 12.8 Å². The standard InChI is InChI=1S/C20H21ClN2O3/c21-17-9-7-16(8-10-17)15-19(24)22-11-4-12-23(14-13-22)20(25)26-18-5-2-1-3-6-18/h1-3,5-10H,4,11-15H2. The van der Waals surface area contributed by atoms with E-state index in [1.807, 2.05) is 35.2 Å². The van der Waals surface area contributed by atoms with Gasteiger partial charge in [0, 0.05) is 31.2 Å². The van der Waals surface area contributed by atoms with E-state index in [9.17, 15) is 9.59 Å². The van der Waals surface area contributed by atoms with Gasteiger partial charge in [-0.25, -0.2) is 4.79 Å². The maximum atomic E-state index is 12.5. The first-order valence-electron chi connectivity index (χ1n) is 8.66. The number of benzene rings is 2. The average molecular weight is 373 g/mol. The summed E-state index contributed by atoms with van der Waals surface area (Å²) in [6.07, 6.45) is 0.699. The third kappa shape index (κ3) is 4.99. The molecule has 2 amide bonds. The molecule has 5 nitrogen and oxygen atoms in total. The van der Waals surface area contributed by atoms with Crippen LogP contribution in [0.1, 0.15) is 12.0 Å². The molecule has 0 saturated carbocycles. The Balaban J connectivity index is 1.53. The van der Waals surface area contributed by atoms with Crippen LogP contribution in [0.4, 0.5) is 4.79 Å². The lowest BCUT2D eigenvalue weighted by atomic mass is 10.1. The maximum Gasteiger partial charge on any atom is 0.415 e. The van der Waals surface area contributed by atoms with Crippen LogP contribution in [0.3, 0.4) is 0 Å². The molecule has 0 aliphatic carbocycles. The summed E-state index contributed by atoms with van der Waals surface area (Å²) in [5.41, 5.74) is 0.934. The van der Waals surface area contributed by atoms with Gasteiger partial charge in [0.25, 0.3) is 0 Å². The highest BCUT2D eigenvalue weighted by Crippen LogP contribution is 2.14. The van der Waals surface area contributed by atoms with Crippen LogP contribution in [-0.2, 0) is 11.2 Å². The van der Waals surface area contributed by atoms with Gasteiger partial charge in [-0.1, -0.05) is 41.9 Å². The molecule has 0 atom stereocenters. The zero-order valence-corrected chi connectivity index (χ0v) is 15.2. The van der Waals surface area contributed by atoms with Gasteiger partial charge in [0.2, 0.25) is 5.91 Å². The Kier molecular flexibility index (Phi) is 6.12. The fourth-order valence-corrected chi connectivity index (χ4v) is 3.02. The van der Waals surface area contributed by atoms with Crippen LogP contribution in [0, 0.1) is 0 Å². The Morgan fingerprint density at radius 3 is 2.27 bits per heavy atom. The van der Waals surface area contributed by atoms with Crippen molar-refractivity contribution in [3.8, 4) is 5.75 Å². The van der Waals surface area contributed by atoms with Crippen LogP contribution in [-0.4, -0.2) is 48.0 Å². The number of halogens is 1. The largest absolute Gasteiger partial charge is 0.415 e. The lowest BCUT2D eigenvalue weighted by molar-refractivity contribution is -0.130. The smallest absolute Gasteiger partial charge is 0.410 e. The zero-order chi connectivity index (χ0) is 18.4. The number of hydrogen-bond acceptors (Lipinski definition) is 3. The number of carbonyl (C=O) groups is 2. The van der Waals surface area contributed by atoms with Crippen molar-refractivity contribution in [1.82, 2.24) is 9.80 Å². The Morgan fingerprint density at radius 1 is 0.885 bits per heavy atom. The van der Waals surface area contributed by atoms with Gasteiger partial charge < -0.3 is 14.5 Å². The quantitative estimate of drug-likeness (QED) is 0.826. The number of rotatable bonds is 3. The summed E-state index contributed by atoms with van der Waals surface area (Å²) in [5.74, 6) is 0.586. The molecular formula is C20H21ClN2O3. The van der Waals surface area contributed by atoms with E-state index < -0.39 is 0 Å². The van der Waals surface area contributed by atoms with Gasteiger partial charge in [0.05, 0.1) is 6.42 Å². The molecule has 2 aromatic carbocycles. The Bertz CT molecular complexity index is 749. The molecule has 1 saturated heterocycles. The maximum absolute atomic E-state index is 12.5. The van der Waals surface area contributed by atoms with Gasteiger partial charge in [-0.3, -0.25) is 4.79 Å². The molecule has 0 bridgehead atoms. The minimum Gasteiger partial charge on any atom is -0.410 e. The van der Waals surface area contributed by atoms with Crippen LogP contribution in [0.2, 0.25) is 5.02 Å². The second-order valence-electron chi connectivity index (χ2n) is 6.21. The summed E-state index contributed by atoms with van der Waals surface area (Å²) in [7, 11) is 0. The van der Waals surface area contributed by atoms with Gasteiger partial charge in [-0.05, 0) is 36.2 Å². The zero-order valence-electron chi connectivity index (χ0n) is 14.4. The second kappa shape index (κ2) is 8.72. The molecule has 6 heteroatoms. The van der Waals surface area contributed by atoms with Crippen LogP contribution >= 0.6 is 11.6 Å². The van der Waals surface area contributed by atoms with Crippen LogP contribution < -0.4 is 4.74 Å². The van der Waals surface area contributed by atoms with Crippen molar-refractivity contribution in [2.75, 3.05) is 26.2 Å². The summed E-state index contributed by atoms with van der Waals surface area (Å²) < 4.78 is 5.38. The number of nitrogens with zero attached hydrogens (tertiary/aromatic N) is 2. The molecule has 0 radical (unpaired) electrons. The van der Waals surface area contributed by atoms with Gasteiger partial charge in [0.1, 0.15) is 5.75 Å². The minimum atomic E-state index is -0.372. The molecule has 1 aliphatic rings. The van der Waals surface area contributed by atoms with E-state index in [2.05, 4.69) is 0 Å². The topological polar surface area (TPSA) is 49.9 Å². The number of para-hydroxylation sites is 1. The van der Waals surface area contributed by atoms with Gasteiger partial charge >= 0.3 is 6.09 Å². The van der Waals surface area contributed by atoms with E-state index in [4.69, 9.17) is 16.3 Å². The SMILES string of the molecule is O=C(Cc1ccc(Cl)cc1)N1CCCN(C(=O)Oc2ccccc2)CC1. The van der Waals surface area contributed by atoms with E-state index in [1.165, 1.54) is 0 Å². The molecule has 0 spiro atoms. The number of hydrogen-bond donors (Lipinski definition) is 0. The van der Waals surface area contributed by atoms with E-state index >= 15 is 0 Å². The fraction of sp³-hybridized carbons (Fsp3) is 0.300. The van der Waals surface area contributed by atoms with E-state index in [-0.39, 0.29) is 12.0 Å². The molecule has 1 aliphatic heterocycles. The van der Waals surface area contributed by atoms with Gasteiger partial charge in [-0.15, -0.1) is 0 Å². The second-order valence-corrected chi connectivity index (χ2v) is 6.64. The molecule has 136 valence electrons. The van der Waals surface area contributed by atoms with Crippen LogP contribution in [0.25, 0.3) is 0 Å². The van der Waals surface area contributed by atoms with E-state index in [0.29, 0.717) is 43.4 Å². The summed E-state index contributed by atoms with van der Waals surface area (Å²) >= 11 is 5.88. The Morgan fingerprint density at radius 2 is 1.54 bits per heavy atom. The van der Waals surface area contributed by atoms with Crippen molar-refractivity contribution in [3.05, 3.63) is 65.2 Å². The third-order valence-corrected chi connectivity index (χ3v) is 4.58. The lowest BCUT2D eigenvalue weighted by Crippen LogP contribution is -2.39. The first-order chi connectivity index (χ1) is 12.6. The predicted molar refractivity (Wildman–Crippen MR) is 100 cm³/mol. The Hall–Kier alpha value is -2.53. The predicted octanol–water partition coefficient (Wildman–Crippen LogP) is 3.62. The summed E-state index contributed by atoms with van der Waals surface area (Å²) in [6, 6.07) is 16.3. The molecule has 1 heterocycles. The normalized spacial score (nSPS) is 14.7. The summed E-state index contributed by atoms with van der Waals surface area (Å²) in [5, 5.41) is 0.656. The first-order valence-corrected chi connectivity index (χ1v) is 9.03. The van der Waals surface area contributed by atoms with Crippen molar-refractivity contribution in [1.29, 1.82) is 0 Å². The summed E-state index contributed by atoms with van der Waals surface area (Å²) in [4.78, 5) is 28.3. The average Bonchev–Trinajstić information content (AvgIpc) is 2.91. The van der Waals surface area contributed by atoms with Crippen LogP contribution in [0.5, 0.6) is 5.75 Å². The molecule has 3 rings (SSSR count). The first kappa shape index (κ1) is 18.3. The highest BCUT2D eigenvalue weighted by Gasteiger charge is 2.23. The summed E-state index contributed by atoms with van der Waals surface area (Å²) in [6.45, 7) is 2.20. The molecule has 0 unspecified atom stereocenters. The van der Waals surface area contributed by atoms with Crippen LogP contribution in [0.15, 0.2) is 54.6 Å². The molecular weight excluding hydrogens is 352 g/mol. The van der Waals surface area contributed by atoms with E-state index in [0.717, 1.165) is 12.0 Å². The van der Waals surface area contributed by atoms with Crippen molar-refractivity contribution < 1.29 is 14.3 Å². The fourth-order valence-electron chi connectivity index (χ4n) is 2.89. The number of carbonyl (C=O) groups excluding carboxylic acids is 2. The molecule has 2 aromatic rings. The van der Waals surface area contributed by atoms with Gasteiger partial charge in [0.15, 0.2) is 0 Å². The van der Waals surface area contributed by atoms with Crippen molar-refractivity contribution in [3.63, 3.8) is 0 Å². The third-order valence-electron chi connectivity index (χ3n) is 4.32. The van der Waals surface area contributed by atoms with Crippen molar-refractivity contribution >= 4 is 23.6 Å². The molecule has 0 aromatic heterocycles. The molecule has 0 N–H and O–H groups in total. The molecule has 26 heavy (non-hydrogen) atoms. The highest BCUT2D eigenvalue weighted by molar-refractivity contribution is 6.30. The van der Waals surface area contributed by atoms with E-state index in [1.54, 1.807) is 29.2 Å². The molecule has 1 fully saturated rings. The van der Waals surface area contributed by atoms with Crippen molar-refractivity contribution in [2.24, 2.45) is 0 Å². The monoisotopic (exact) mass is 372 g/mol. The lowest BCUT2D eigenvalue weighted by Gasteiger charge is -2.22. The minimum absolute atomic E-state index is 0.0607. The van der Waals surface area contributed by atoms with Gasteiger partial charge in [-0.2, -0.15) is 0 Å². The number of ether oxygens (including phenoxy) is 1. The Labute approximate surface area is 158 Å².